The lowest BCUT2D eigenvalue weighted by atomic mass is 10.2. The van der Waals surface area contributed by atoms with Crippen molar-refractivity contribution in [3.05, 3.63) is 23.4 Å². The van der Waals surface area contributed by atoms with Gasteiger partial charge in [0.1, 0.15) is 6.10 Å². The Balaban J connectivity index is 1.57. The van der Waals surface area contributed by atoms with Crippen molar-refractivity contribution in [2.24, 2.45) is 0 Å². The molecule has 0 radical (unpaired) electrons. The Bertz CT molecular complexity index is 546. The maximum Gasteiger partial charge on any atom is 0.249 e. The largest absolute Gasteiger partial charge is 0.368 e. The highest BCUT2D eigenvalue weighted by Gasteiger charge is 2.23. The van der Waals surface area contributed by atoms with Gasteiger partial charge in [0, 0.05) is 6.61 Å². The van der Waals surface area contributed by atoms with Gasteiger partial charge in [-0.2, -0.15) is 4.98 Å². The zero-order valence-electron chi connectivity index (χ0n) is 10.2. The lowest BCUT2D eigenvalue weighted by Gasteiger charge is -2.07. The Morgan fingerprint density at radius 2 is 2.53 bits per heavy atom. The molecule has 100 valence electrons. The van der Waals surface area contributed by atoms with E-state index in [4.69, 9.17) is 9.26 Å². The molecule has 0 spiro atoms. The van der Waals surface area contributed by atoms with E-state index < -0.39 is 0 Å². The van der Waals surface area contributed by atoms with Crippen LogP contribution < -0.4 is 5.32 Å². The van der Waals surface area contributed by atoms with Gasteiger partial charge >= 0.3 is 0 Å². The van der Waals surface area contributed by atoms with E-state index in [1.54, 1.807) is 11.3 Å². The fraction of sp³-hybridized carbons (Fsp3) is 0.417. The second-order valence-corrected chi connectivity index (χ2v) is 5.16. The number of ether oxygens (including phenoxy) is 1. The Morgan fingerprint density at radius 1 is 1.58 bits per heavy atom. The van der Waals surface area contributed by atoms with E-state index in [-0.39, 0.29) is 18.6 Å². The number of hydrogen-bond acceptors (Lipinski definition) is 6. The van der Waals surface area contributed by atoms with E-state index in [1.807, 2.05) is 17.5 Å². The number of thiophene rings is 1. The van der Waals surface area contributed by atoms with Crippen LogP contribution in [0.3, 0.4) is 0 Å². The molecule has 1 saturated heterocycles. The summed E-state index contributed by atoms with van der Waals surface area (Å²) < 4.78 is 10.4. The minimum absolute atomic E-state index is 0.117. The van der Waals surface area contributed by atoms with Crippen molar-refractivity contribution in [2.45, 2.75) is 25.5 Å². The van der Waals surface area contributed by atoms with Crippen LogP contribution >= 0.6 is 11.3 Å². The van der Waals surface area contributed by atoms with Gasteiger partial charge in [0.15, 0.2) is 0 Å². The molecule has 0 bridgehead atoms. The summed E-state index contributed by atoms with van der Waals surface area (Å²) in [7, 11) is 0. The number of carbonyl (C=O) groups is 1. The monoisotopic (exact) mass is 279 g/mol. The van der Waals surface area contributed by atoms with Crippen LogP contribution in [0.25, 0.3) is 10.7 Å². The summed E-state index contributed by atoms with van der Waals surface area (Å²) in [6.07, 6.45) is 1.37. The minimum atomic E-state index is -0.334. The first-order chi connectivity index (χ1) is 9.33. The van der Waals surface area contributed by atoms with Crippen LogP contribution in [0.1, 0.15) is 18.7 Å². The standard InChI is InChI=1S/C12H13N3O3S/c16-12(8-3-1-5-17-8)13-7-10-14-11(15-18-10)9-4-2-6-19-9/h2,4,6,8H,1,3,5,7H2,(H,13,16). The highest BCUT2D eigenvalue weighted by molar-refractivity contribution is 7.13. The highest BCUT2D eigenvalue weighted by atomic mass is 32.1. The number of carbonyl (C=O) groups excluding carboxylic acids is 1. The first-order valence-electron chi connectivity index (χ1n) is 6.09. The van der Waals surface area contributed by atoms with E-state index in [1.165, 1.54) is 0 Å². The fourth-order valence-corrected chi connectivity index (χ4v) is 2.54. The predicted molar refractivity (Wildman–Crippen MR) is 68.4 cm³/mol. The molecule has 0 aliphatic carbocycles. The molecular weight excluding hydrogens is 266 g/mol. The van der Waals surface area contributed by atoms with E-state index in [0.717, 1.165) is 17.7 Å². The third kappa shape index (κ3) is 2.82. The van der Waals surface area contributed by atoms with Crippen molar-refractivity contribution in [1.29, 1.82) is 0 Å². The van der Waals surface area contributed by atoms with Crippen LogP contribution in [0.5, 0.6) is 0 Å². The van der Waals surface area contributed by atoms with Gasteiger partial charge in [0.05, 0.1) is 11.4 Å². The van der Waals surface area contributed by atoms with E-state index >= 15 is 0 Å². The molecule has 6 nitrogen and oxygen atoms in total. The number of nitrogens with one attached hydrogen (secondary N) is 1. The average Bonchev–Trinajstić information content (AvgIpc) is 3.14. The molecule has 2 aromatic heterocycles. The summed E-state index contributed by atoms with van der Waals surface area (Å²) in [6.45, 7) is 0.887. The van der Waals surface area contributed by atoms with Gasteiger partial charge in [0.25, 0.3) is 0 Å². The molecule has 1 N–H and O–H groups in total. The molecule has 1 aliphatic rings. The summed E-state index contributed by atoms with van der Waals surface area (Å²) in [4.78, 5) is 16.9. The van der Waals surface area contributed by atoms with E-state index in [0.29, 0.717) is 18.3 Å². The van der Waals surface area contributed by atoms with Gasteiger partial charge in [-0.3, -0.25) is 4.79 Å². The third-order valence-corrected chi connectivity index (χ3v) is 3.71. The van der Waals surface area contributed by atoms with Gasteiger partial charge in [-0.1, -0.05) is 11.2 Å². The average molecular weight is 279 g/mol. The van der Waals surface area contributed by atoms with Crippen LogP contribution in [0.15, 0.2) is 22.0 Å². The lowest BCUT2D eigenvalue weighted by Crippen LogP contribution is -2.33. The summed E-state index contributed by atoms with van der Waals surface area (Å²) in [6, 6.07) is 3.85. The molecule has 7 heteroatoms. The second kappa shape index (κ2) is 5.50. The summed E-state index contributed by atoms with van der Waals surface area (Å²) in [5.74, 6) is 0.833. The molecule has 0 aromatic carbocycles. The molecule has 1 unspecified atom stereocenters. The van der Waals surface area contributed by atoms with Crippen molar-refractivity contribution >= 4 is 17.2 Å². The normalized spacial score (nSPS) is 18.6. The van der Waals surface area contributed by atoms with Crippen molar-refractivity contribution in [2.75, 3.05) is 6.61 Å². The van der Waals surface area contributed by atoms with Crippen molar-refractivity contribution < 1.29 is 14.1 Å². The Morgan fingerprint density at radius 3 is 3.26 bits per heavy atom. The van der Waals surface area contributed by atoms with Crippen LogP contribution in [0.4, 0.5) is 0 Å². The van der Waals surface area contributed by atoms with Gasteiger partial charge in [-0.05, 0) is 24.3 Å². The quantitative estimate of drug-likeness (QED) is 0.919. The number of nitrogens with zero attached hydrogens (tertiary/aromatic N) is 2. The van der Waals surface area contributed by atoms with E-state index in [2.05, 4.69) is 15.5 Å². The first kappa shape index (κ1) is 12.3. The zero-order valence-corrected chi connectivity index (χ0v) is 11.0. The van der Waals surface area contributed by atoms with Gasteiger partial charge in [0.2, 0.25) is 17.6 Å². The first-order valence-corrected chi connectivity index (χ1v) is 6.96. The maximum atomic E-state index is 11.7. The zero-order chi connectivity index (χ0) is 13.1. The fourth-order valence-electron chi connectivity index (χ4n) is 1.89. The van der Waals surface area contributed by atoms with Crippen LogP contribution in [0, 0.1) is 0 Å². The maximum absolute atomic E-state index is 11.7. The van der Waals surface area contributed by atoms with Crippen LogP contribution in [-0.2, 0) is 16.1 Å². The molecule has 3 rings (SSSR count). The Kier molecular flexibility index (Phi) is 3.56. The lowest BCUT2D eigenvalue weighted by molar-refractivity contribution is -0.130. The summed E-state index contributed by atoms with van der Waals surface area (Å²) in [5.41, 5.74) is 0. The molecule has 3 heterocycles. The Hall–Kier alpha value is -1.73. The van der Waals surface area contributed by atoms with E-state index in [9.17, 15) is 4.79 Å². The van der Waals surface area contributed by atoms with Crippen LogP contribution in [0.2, 0.25) is 0 Å². The molecule has 2 aromatic rings. The SMILES string of the molecule is O=C(NCc1nc(-c2cccs2)no1)C1CCCO1. The topological polar surface area (TPSA) is 77.3 Å². The minimum Gasteiger partial charge on any atom is -0.368 e. The van der Waals surface area contributed by atoms with Crippen molar-refractivity contribution in [3.63, 3.8) is 0 Å². The van der Waals surface area contributed by atoms with Crippen molar-refractivity contribution in [1.82, 2.24) is 15.5 Å². The number of rotatable bonds is 4. The smallest absolute Gasteiger partial charge is 0.249 e. The predicted octanol–water partition coefficient (Wildman–Crippen LogP) is 1.59. The third-order valence-electron chi connectivity index (χ3n) is 2.85. The molecule has 19 heavy (non-hydrogen) atoms. The van der Waals surface area contributed by atoms with Gasteiger partial charge in [-0.25, -0.2) is 0 Å². The van der Waals surface area contributed by atoms with Crippen LogP contribution in [-0.4, -0.2) is 28.8 Å². The number of amides is 1. The molecule has 0 saturated carbocycles. The molecule has 1 aliphatic heterocycles. The summed E-state index contributed by atoms with van der Waals surface area (Å²) in [5, 5.41) is 8.57. The highest BCUT2D eigenvalue weighted by Crippen LogP contribution is 2.21. The molecule has 1 atom stereocenters. The second-order valence-electron chi connectivity index (χ2n) is 4.21. The Labute approximate surface area is 113 Å². The van der Waals surface area contributed by atoms with Gasteiger partial charge in [-0.15, -0.1) is 11.3 Å². The summed E-state index contributed by atoms with van der Waals surface area (Å²) >= 11 is 1.54. The number of hydrogen-bond donors (Lipinski definition) is 1. The molecular formula is C12H13N3O3S. The number of aromatic nitrogens is 2. The molecule has 1 fully saturated rings. The van der Waals surface area contributed by atoms with Gasteiger partial charge < -0.3 is 14.6 Å². The molecule has 1 amide bonds. The van der Waals surface area contributed by atoms with Crippen molar-refractivity contribution in [3.8, 4) is 10.7 Å².